The molecule has 4 rings (SSSR count). The number of methoxy groups -OCH3 is 1. The summed E-state index contributed by atoms with van der Waals surface area (Å²) in [5, 5.41) is 9.08. The number of ether oxygens (including phenoxy) is 1. The molecule has 0 radical (unpaired) electrons. The van der Waals surface area contributed by atoms with Crippen molar-refractivity contribution in [3.63, 3.8) is 0 Å². The summed E-state index contributed by atoms with van der Waals surface area (Å²) in [6, 6.07) is 10.7. The first-order valence-corrected chi connectivity index (χ1v) is 12.9. The minimum absolute atomic E-state index is 0.0218. The predicted molar refractivity (Wildman–Crippen MR) is 120 cm³/mol. The monoisotopic (exact) mass is 476 g/mol. The van der Waals surface area contributed by atoms with E-state index in [9.17, 15) is 13.2 Å². The van der Waals surface area contributed by atoms with Gasteiger partial charge in [-0.25, -0.2) is 8.42 Å². The lowest BCUT2D eigenvalue weighted by Crippen LogP contribution is -2.41. The van der Waals surface area contributed by atoms with Crippen molar-refractivity contribution in [2.75, 3.05) is 24.4 Å². The van der Waals surface area contributed by atoms with E-state index in [4.69, 9.17) is 9.15 Å². The van der Waals surface area contributed by atoms with E-state index in [1.807, 2.05) is 35.9 Å². The van der Waals surface area contributed by atoms with Crippen LogP contribution in [0.3, 0.4) is 0 Å². The van der Waals surface area contributed by atoms with Gasteiger partial charge in [-0.2, -0.15) is 0 Å². The van der Waals surface area contributed by atoms with Crippen molar-refractivity contribution in [3.05, 3.63) is 48.4 Å². The van der Waals surface area contributed by atoms with Gasteiger partial charge in [-0.15, -0.1) is 10.2 Å². The fourth-order valence-corrected chi connectivity index (χ4v) is 6.25. The van der Waals surface area contributed by atoms with Gasteiger partial charge in [0.25, 0.3) is 0 Å². The van der Waals surface area contributed by atoms with E-state index in [0.29, 0.717) is 28.9 Å². The van der Waals surface area contributed by atoms with Crippen molar-refractivity contribution >= 4 is 27.5 Å². The molecular weight excluding hydrogens is 452 g/mol. The van der Waals surface area contributed by atoms with Gasteiger partial charge in [0.2, 0.25) is 5.91 Å². The first-order chi connectivity index (χ1) is 15.4. The number of hydrogen-bond acceptors (Lipinski definition) is 8. The molecule has 2 aromatic heterocycles. The average Bonchev–Trinajstić information content (AvgIpc) is 3.51. The normalized spacial score (nSPS) is 17.4. The minimum Gasteiger partial charge on any atom is -0.496 e. The Morgan fingerprint density at radius 2 is 2.09 bits per heavy atom. The molecule has 9 nitrogen and oxygen atoms in total. The molecule has 1 aliphatic heterocycles. The number of aromatic nitrogens is 3. The maximum Gasteiger partial charge on any atom is 0.233 e. The Hall–Kier alpha value is -2.79. The lowest BCUT2D eigenvalue weighted by Gasteiger charge is -2.27. The summed E-state index contributed by atoms with van der Waals surface area (Å²) >= 11 is 1.26. The van der Waals surface area contributed by atoms with E-state index >= 15 is 0 Å². The van der Waals surface area contributed by atoms with Crippen LogP contribution in [-0.4, -0.2) is 64.4 Å². The van der Waals surface area contributed by atoms with E-state index in [2.05, 4.69) is 10.2 Å². The van der Waals surface area contributed by atoms with Crippen LogP contribution in [0.15, 0.2) is 52.2 Å². The van der Waals surface area contributed by atoms with Gasteiger partial charge in [0.1, 0.15) is 11.5 Å². The van der Waals surface area contributed by atoms with Crippen LogP contribution in [0, 0.1) is 0 Å². The molecule has 1 aromatic carbocycles. The number of benzene rings is 1. The molecule has 11 heteroatoms. The topological polar surface area (TPSA) is 108 Å². The van der Waals surface area contributed by atoms with Crippen LogP contribution in [0.1, 0.15) is 12.2 Å². The van der Waals surface area contributed by atoms with Gasteiger partial charge in [-0.05, 0) is 30.7 Å². The second kappa shape index (κ2) is 9.37. The highest BCUT2D eigenvalue weighted by molar-refractivity contribution is 7.99. The first-order valence-electron chi connectivity index (χ1n) is 10.1. The Labute approximate surface area is 190 Å². The number of carbonyl (C=O) groups excluding carboxylic acids is 1. The molecule has 1 saturated heterocycles. The maximum absolute atomic E-state index is 13.1. The van der Waals surface area contributed by atoms with Crippen LogP contribution in [0.2, 0.25) is 0 Å². The van der Waals surface area contributed by atoms with E-state index in [1.165, 1.54) is 18.0 Å². The van der Waals surface area contributed by atoms with Crippen LogP contribution >= 0.6 is 11.8 Å². The average molecular weight is 477 g/mol. The summed E-state index contributed by atoms with van der Waals surface area (Å²) < 4.78 is 36.6. The van der Waals surface area contributed by atoms with Gasteiger partial charge in [-0.3, -0.25) is 4.79 Å². The number of hydrogen-bond donors (Lipinski definition) is 0. The van der Waals surface area contributed by atoms with E-state index in [1.54, 1.807) is 24.1 Å². The zero-order chi connectivity index (χ0) is 22.7. The number of nitrogens with zero attached hydrogens (tertiary/aromatic N) is 4. The SMILES string of the molecule is COc1ccccc1-c1nnc(SCC(=O)N(Cc2ccco2)C2CCS(=O)(=O)C2)n1C. The molecule has 0 spiro atoms. The summed E-state index contributed by atoms with van der Waals surface area (Å²) in [7, 11) is 0.299. The standard InChI is InChI=1S/C21H24N4O5S2/c1-24-20(17-7-3-4-8-18(17)29-2)22-23-21(24)31-13-19(26)25(12-16-6-5-10-30-16)15-9-11-32(27,28)14-15/h3-8,10,15H,9,11-14H2,1-2H3. The molecule has 3 heterocycles. The van der Waals surface area contributed by atoms with E-state index < -0.39 is 9.84 Å². The Kier molecular flexibility index (Phi) is 6.56. The number of rotatable bonds is 8. The molecule has 170 valence electrons. The van der Waals surface area contributed by atoms with E-state index in [-0.39, 0.29) is 35.8 Å². The molecule has 3 aromatic rings. The van der Waals surface area contributed by atoms with Crippen molar-refractivity contribution in [3.8, 4) is 17.1 Å². The number of carbonyl (C=O) groups is 1. The Balaban J connectivity index is 1.49. The van der Waals surface area contributed by atoms with Gasteiger partial charge in [0, 0.05) is 13.1 Å². The van der Waals surface area contributed by atoms with Crippen molar-refractivity contribution in [1.82, 2.24) is 19.7 Å². The molecule has 0 N–H and O–H groups in total. The van der Waals surface area contributed by atoms with Crippen molar-refractivity contribution in [2.45, 2.75) is 24.2 Å². The summed E-state index contributed by atoms with van der Waals surface area (Å²) in [5.74, 6) is 1.94. The highest BCUT2D eigenvalue weighted by atomic mass is 32.2. The quantitative estimate of drug-likeness (QED) is 0.456. The largest absolute Gasteiger partial charge is 0.496 e. The van der Waals surface area contributed by atoms with Crippen LogP contribution in [0.4, 0.5) is 0 Å². The molecule has 32 heavy (non-hydrogen) atoms. The Bertz CT molecular complexity index is 1190. The Morgan fingerprint density at radius 3 is 2.78 bits per heavy atom. The maximum atomic E-state index is 13.1. The molecular formula is C21H24N4O5S2. The number of amides is 1. The molecule has 0 saturated carbocycles. The molecule has 1 atom stereocenters. The molecule has 1 amide bonds. The van der Waals surface area contributed by atoms with Crippen LogP contribution in [-0.2, 0) is 28.2 Å². The predicted octanol–water partition coefficient (Wildman–Crippen LogP) is 2.39. The third-order valence-corrected chi connectivity index (χ3v) is 8.14. The second-order valence-electron chi connectivity index (χ2n) is 7.51. The molecule has 1 fully saturated rings. The number of sulfone groups is 1. The van der Waals surface area contributed by atoms with Crippen molar-refractivity contribution < 1.29 is 22.4 Å². The fourth-order valence-electron chi connectivity index (χ4n) is 3.73. The summed E-state index contributed by atoms with van der Waals surface area (Å²) in [6.07, 6.45) is 1.97. The van der Waals surface area contributed by atoms with Gasteiger partial charge >= 0.3 is 0 Å². The third-order valence-electron chi connectivity index (χ3n) is 5.38. The molecule has 1 unspecified atom stereocenters. The first kappa shape index (κ1) is 22.4. The Morgan fingerprint density at radius 1 is 1.28 bits per heavy atom. The highest BCUT2D eigenvalue weighted by Gasteiger charge is 2.35. The lowest BCUT2D eigenvalue weighted by molar-refractivity contribution is -0.131. The zero-order valence-electron chi connectivity index (χ0n) is 17.8. The van der Waals surface area contributed by atoms with Crippen molar-refractivity contribution in [2.24, 2.45) is 7.05 Å². The van der Waals surface area contributed by atoms with Gasteiger partial charge in [0.05, 0.1) is 42.7 Å². The lowest BCUT2D eigenvalue weighted by atomic mass is 10.2. The molecule has 0 aliphatic carbocycles. The van der Waals surface area contributed by atoms with Crippen LogP contribution in [0.5, 0.6) is 5.75 Å². The number of thioether (sulfide) groups is 1. The van der Waals surface area contributed by atoms with Gasteiger partial charge in [-0.1, -0.05) is 23.9 Å². The van der Waals surface area contributed by atoms with Crippen LogP contribution in [0.25, 0.3) is 11.4 Å². The fraction of sp³-hybridized carbons (Fsp3) is 0.381. The zero-order valence-corrected chi connectivity index (χ0v) is 19.4. The molecule has 0 bridgehead atoms. The summed E-state index contributed by atoms with van der Waals surface area (Å²) in [5.41, 5.74) is 0.804. The highest BCUT2D eigenvalue weighted by Crippen LogP contribution is 2.30. The van der Waals surface area contributed by atoms with E-state index in [0.717, 1.165) is 5.56 Å². The van der Waals surface area contributed by atoms with Crippen LogP contribution < -0.4 is 4.74 Å². The third kappa shape index (κ3) is 4.83. The second-order valence-corrected chi connectivity index (χ2v) is 10.7. The summed E-state index contributed by atoms with van der Waals surface area (Å²) in [4.78, 5) is 14.7. The number of furan rings is 1. The summed E-state index contributed by atoms with van der Waals surface area (Å²) in [6.45, 7) is 0.234. The number of para-hydroxylation sites is 1. The van der Waals surface area contributed by atoms with Gasteiger partial charge < -0.3 is 18.6 Å². The molecule has 1 aliphatic rings. The smallest absolute Gasteiger partial charge is 0.233 e. The minimum atomic E-state index is -3.13. The van der Waals surface area contributed by atoms with Gasteiger partial charge in [0.15, 0.2) is 20.8 Å². The van der Waals surface area contributed by atoms with Crippen molar-refractivity contribution in [1.29, 1.82) is 0 Å².